The van der Waals surface area contributed by atoms with Crippen LogP contribution in [0.25, 0.3) is 0 Å². The van der Waals surface area contributed by atoms with Gasteiger partial charge in [-0.2, -0.15) is 5.26 Å². The van der Waals surface area contributed by atoms with Crippen LogP contribution in [0, 0.1) is 11.3 Å². The third kappa shape index (κ3) is 4.45. The zero-order chi connectivity index (χ0) is 11.3. The summed E-state index contributed by atoms with van der Waals surface area (Å²) in [4.78, 5) is 5.97. The van der Waals surface area contributed by atoms with E-state index in [1.54, 1.807) is 0 Å². The summed E-state index contributed by atoms with van der Waals surface area (Å²) in [5.41, 5.74) is 0. The average Bonchev–Trinajstić information content (AvgIpc) is 2.58. The van der Waals surface area contributed by atoms with Crippen LogP contribution in [0.5, 0.6) is 0 Å². The van der Waals surface area contributed by atoms with E-state index in [1.165, 1.54) is 6.04 Å². The van der Waals surface area contributed by atoms with Crippen molar-refractivity contribution in [1.82, 2.24) is 4.90 Å². The summed E-state index contributed by atoms with van der Waals surface area (Å²) in [5.74, 6) is 0.517. The zero-order valence-corrected chi connectivity index (χ0v) is 10.8. The minimum atomic E-state index is -0.998. The first kappa shape index (κ1) is 12.2. The fraction of sp³-hybridized carbons (Fsp3) is 0.800. The Balaban J connectivity index is 2.17. The van der Waals surface area contributed by atoms with Crippen LogP contribution < -0.4 is 0 Å². The number of hydrogen-bond donors (Lipinski definition) is 0. The molecule has 1 rings (SSSR count). The molecule has 1 heterocycles. The maximum absolute atomic E-state index is 8.75. The lowest BCUT2D eigenvalue weighted by Gasteiger charge is -2.19. The van der Waals surface area contributed by atoms with Gasteiger partial charge in [0.25, 0.3) is 0 Å². The number of hydrogen-bond acceptors (Lipinski definition) is 4. The second kappa shape index (κ2) is 5.28. The SMILES string of the molecule is C[Si](C)(C)CCOCN1CCN=C1C#N. The van der Waals surface area contributed by atoms with E-state index in [4.69, 9.17) is 10.00 Å². The Morgan fingerprint density at radius 3 is 2.87 bits per heavy atom. The van der Waals surface area contributed by atoms with Crippen LogP contribution in [-0.4, -0.2) is 45.2 Å². The third-order valence-corrected chi connectivity index (χ3v) is 3.98. The number of amidine groups is 1. The molecule has 4 nitrogen and oxygen atoms in total. The van der Waals surface area contributed by atoms with Gasteiger partial charge in [-0.3, -0.25) is 4.99 Å². The van der Waals surface area contributed by atoms with E-state index in [0.29, 0.717) is 12.6 Å². The summed E-state index contributed by atoms with van der Waals surface area (Å²) >= 11 is 0. The molecule has 0 atom stereocenters. The molecule has 0 spiro atoms. The number of rotatable bonds is 5. The van der Waals surface area contributed by atoms with Crippen LogP contribution in [0.3, 0.4) is 0 Å². The Kier molecular flexibility index (Phi) is 4.30. The molecule has 15 heavy (non-hydrogen) atoms. The average molecular weight is 225 g/mol. The van der Waals surface area contributed by atoms with Crippen LogP contribution in [0.15, 0.2) is 4.99 Å². The molecule has 84 valence electrons. The first-order chi connectivity index (χ1) is 7.03. The Morgan fingerprint density at radius 2 is 2.27 bits per heavy atom. The molecule has 0 aromatic carbocycles. The van der Waals surface area contributed by atoms with E-state index >= 15 is 0 Å². The van der Waals surface area contributed by atoms with Gasteiger partial charge in [0.15, 0.2) is 0 Å². The highest BCUT2D eigenvalue weighted by atomic mass is 28.3. The first-order valence-electron chi connectivity index (χ1n) is 5.30. The normalized spacial score (nSPS) is 16.4. The fourth-order valence-electron chi connectivity index (χ4n) is 1.27. The van der Waals surface area contributed by atoms with Gasteiger partial charge in [0, 0.05) is 21.2 Å². The highest BCUT2D eigenvalue weighted by Gasteiger charge is 2.17. The third-order valence-electron chi connectivity index (χ3n) is 2.27. The molecule has 5 heteroatoms. The van der Waals surface area contributed by atoms with Crippen molar-refractivity contribution >= 4 is 13.9 Å². The summed E-state index contributed by atoms with van der Waals surface area (Å²) < 4.78 is 5.55. The Labute approximate surface area is 92.6 Å². The van der Waals surface area contributed by atoms with Gasteiger partial charge < -0.3 is 9.64 Å². The molecule has 1 aliphatic heterocycles. The molecule has 0 unspecified atom stereocenters. The van der Waals surface area contributed by atoms with E-state index < -0.39 is 8.07 Å². The summed E-state index contributed by atoms with van der Waals surface area (Å²) in [6.45, 7) is 9.83. The Hall–Kier alpha value is -0.863. The zero-order valence-electron chi connectivity index (χ0n) is 9.79. The molecule has 0 fully saturated rings. The monoisotopic (exact) mass is 225 g/mol. The van der Waals surface area contributed by atoms with E-state index in [2.05, 4.69) is 30.7 Å². The Bertz CT molecular complexity index is 277. The quantitative estimate of drug-likeness (QED) is 0.527. The van der Waals surface area contributed by atoms with Gasteiger partial charge in [-0.25, -0.2) is 0 Å². The lowest BCUT2D eigenvalue weighted by Crippen LogP contribution is -2.30. The molecule has 0 aromatic heterocycles. The fourth-order valence-corrected chi connectivity index (χ4v) is 2.02. The molecular formula is C10H19N3OSi. The van der Waals surface area contributed by atoms with Crippen molar-refractivity contribution in [2.45, 2.75) is 25.7 Å². The van der Waals surface area contributed by atoms with Crippen molar-refractivity contribution in [1.29, 1.82) is 5.26 Å². The number of nitrogens with zero attached hydrogens (tertiary/aromatic N) is 3. The highest BCUT2D eigenvalue weighted by molar-refractivity contribution is 6.76. The molecule has 0 bridgehead atoms. The minimum absolute atomic E-state index is 0.511. The van der Waals surface area contributed by atoms with Gasteiger partial charge >= 0.3 is 0 Å². The predicted octanol–water partition coefficient (Wildman–Crippen LogP) is 1.54. The second-order valence-electron chi connectivity index (χ2n) is 4.93. The van der Waals surface area contributed by atoms with E-state index in [1.807, 2.05) is 4.90 Å². The van der Waals surface area contributed by atoms with Gasteiger partial charge in [0.2, 0.25) is 5.84 Å². The predicted molar refractivity (Wildman–Crippen MR) is 63.6 cm³/mol. The van der Waals surface area contributed by atoms with E-state index in [-0.39, 0.29) is 0 Å². The van der Waals surface area contributed by atoms with Crippen molar-refractivity contribution < 1.29 is 4.74 Å². The topological polar surface area (TPSA) is 48.6 Å². The summed E-state index contributed by atoms with van der Waals surface area (Å²) in [5, 5.41) is 8.75. The van der Waals surface area contributed by atoms with Crippen molar-refractivity contribution in [2.75, 3.05) is 26.4 Å². The molecule has 0 saturated carbocycles. The van der Waals surface area contributed by atoms with Crippen LogP contribution in [0.4, 0.5) is 0 Å². The van der Waals surface area contributed by atoms with Crippen molar-refractivity contribution in [3.05, 3.63) is 0 Å². The number of ether oxygens (including phenoxy) is 1. The number of aliphatic imine (C=N–C) groups is 1. The molecule has 0 aliphatic carbocycles. The van der Waals surface area contributed by atoms with Crippen LogP contribution >= 0.6 is 0 Å². The van der Waals surface area contributed by atoms with Crippen LogP contribution in [0.2, 0.25) is 25.7 Å². The summed E-state index contributed by atoms with van der Waals surface area (Å²) in [7, 11) is -0.998. The molecule has 0 amide bonds. The van der Waals surface area contributed by atoms with Gasteiger partial charge in [0.1, 0.15) is 12.8 Å². The second-order valence-corrected chi connectivity index (χ2v) is 10.5. The molecule has 0 saturated heterocycles. The molecule has 1 aliphatic rings. The maximum atomic E-state index is 8.75. The smallest absolute Gasteiger partial charge is 0.205 e. The van der Waals surface area contributed by atoms with Crippen molar-refractivity contribution in [2.24, 2.45) is 4.99 Å². The van der Waals surface area contributed by atoms with Gasteiger partial charge in [-0.15, -0.1) is 0 Å². The number of nitriles is 1. The summed E-state index contributed by atoms with van der Waals surface area (Å²) in [6, 6.07) is 3.24. The van der Waals surface area contributed by atoms with Crippen LogP contribution in [0.1, 0.15) is 0 Å². The first-order valence-corrected chi connectivity index (χ1v) is 9.01. The van der Waals surface area contributed by atoms with E-state index in [9.17, 15) is 0 Å². The minimum Gasteiger partial charge on any atom is -0.361 e. The lowest BCUT2D eigenvalue weighted by molar-refractivity contribution is 0.0792. The standard InChI is InChI=1S/C10H19N3OSi/c1-15(2,3)7-6-14-9-13-5-4-12-10(13)8-11/h4-7,9H2,1-3H3. The largest absolute Gasteiger partial charge is 0.361 e. The van der Waals surface area contributed by atoms with Crippen LogP contribution in [-0.2, 0) is 4.74 Å². The van der Waals surface area contributed by atoms with Crippen molar-refractivity contribution in [3.8, 4) is 6.07 Å². The summed E-state index contributed by atoms with van der Waals surface area (Å²) in [6.07, 6.45) is 0. The van der Waals surface area contributed by atoms with Gasteiger partial charge in [-0.1, -0.05) is 19.6 Å². The molecule has 0 N–H and O–H groups in total. The van der Waals surface area contributed by atoms with Gasteiger partial charge in [-0.05, 0) is 6.04 Å². The molecule has 0 aromatic rings. The lowest BCUT2D eigenvalue weighted by atomic mass is 10.5. The molecular weight excluding hydrogens is 206 g/mol. The Morgan fingerprint density at radius 1 is 1.53 bits per heavy atom. The van der Waals surface area contributed by atoms with Crippen molar-refractivity contribution in [3.63, 3.8) is 0 Å². The highest BCUT2D eigenvalue weighted by Crippen LogP contribution is 2.08. The maximum Gasteiger partial charge on any atom is 0.205 e. The van der Waals surface area contributed by atoms with Gasteiger partial charge in [0.05, 0.1) is 6.54 Å². The van der Waals surface area contributed by atoms with E-state index in [0.717, 1.165) is 19.7 Å². The molecule has 0 radical (unpaired) electrons.